The molecule has 0 saturated carbocycles. The SMILES string of the molecule is CC1(C)C=C(c2ccccc2)O/C1=C/c1ccccc1. The van der Waals surface area contributed by atoms with Crippen LogP contribution < -0.4 is 0 Å². The van der Waals surface area contributed by atoms with Crippen LogP contribution in [0.15, 0.2) is 72.5 Å². The molecule has 0 bridgehead atoms. The van der Waals surface area contributed by atoms with Crippen LogP contribution in [0.1, 0.15) is 25.0 Å². The minimum Gasteiger partial charge on any atom is -0.460 e. The van der Waals surface area contributed by atoms with Gasteiger partial charge in [0.1, 0.15) is 11.5 Å². The highest BCUT2D eigenvalue weighted by atomic mass is 16.5. The van der Waals surface area contributed by atoms with E-state index >= 15 is 0 Å². The quantitative estimate of drug-likeness (QED) is 0.729. The predicted molar refractivity (Wildman–Crippen MR) is 83.7 cm³/mol. The summed E-state index contributed by atoms with van der Waals surface area (Å²) in [6, 6.07) is 20.5. The summed E-state index contributed by atoms with van der Waals surface area (Å²) in [5.41, 5.74) is 2.21. The summed E-state index contributed by atoms with van der Waals surface area (Å²) in [6.45, 7) is 4.36. The molecule has 2 aromatic carbocycles. The molecule has 0 unspecified atom stereocenters. The molecule has 20 heavy (non-hydrogen) atoms. The lowest BCUT2D eigenvalue weighted by molar-refractivity contribution is 0.333. The Labute approximate surface area is 120 Å². The lowest BCUT2D eigenvalue weighted by Crippen LogP contribution is -2.06. The van der Waals surface area contributed by atoms with E-state index in [1.54, 1.807) is 0 Å². The topological polar surface area (TPSA) is 9.23 Å². The lowest BCUT2D eigenvalue weighted by atomic mass is 9.90. The summed E-state index contributed by atoms with van der Waals surface area (Å²) in [5.74, 6) is 1.93. The highest BCUT2D eigenvalue weighted by molar-refractivity contribution is 5.68. The summed E-state index contributed by atoms with van der Waals surface area (Å²) in [4.78, 5) is 0. The summed E-state index contributed by atoms with van der Waals surface area (Å²) < 4.78 is 6.09. The molecule has 1 heterocycles. The van der Waals surface area contributed by atoms with Crippen molar-refractivity contribution in [3.8, 4) is 0 Å². The maximum absolute atomic E-state index is 6.09. The molecular formula is C19H18O. The summed E-state index contributed by atoms with van der Waals surface area (Å²) in [6.07, 6.45) is 4.31. The Morgan fingerprint density at radius 1 is 0.850 bits per heavy atom. The first-order valence-corrected chi connectivity index (χ1v) is 6.88. The molecule has 2 aromatic rings. The van der Waals surface area contributed by atoms with Crippen molar-refractivity contribution in [3.05, 3.63) is 83.6 Å². The molecule has 1 aliphatic heterocycles. The van der Waals surface area contributed by atoms with E-state index in [1.165, 1.54) is 5.56 Å². The third kappa shape index (κ3) is 2.53. The molecule has 1 heteroatoms. The van der Waals surface area contributed by atoms with E-state index < -0.39 is 0 Å². The van der Waals surface area contributed by atoms with Crippen LogP contribution in [-0.2, 0) is 4.74 Å². The fourth-order valence-electron chi connectivity index (χ4n) is 2.34. The normalized spacial score (nSPS) is 18.7. The van der Waals surface area contributed by atoms with E-state index in [-0.39, 0.29) is 5.41 Å². The summed E-state index contributed by atoms with van der Waals surface area (Å²) in [7, 11) is 0. The fourth-order valence-corrected chi connectivity index (χ4v) is 2.34. The largest absolute Gasteiger partial charge is 0.460 e. The Morgan fingerprint density at radius 3 is 2.10 bits per heavy atom. The van der Waals surface area contributed by atoms with Gasteiger partial charge in [0.15, 0.2) is 0 Å². The van der Waals surface area contributed by atoms with Crippen LogP contribution in [0.25, 0.3) is 11.8 Å². The third-order valence-electron chi connectivity index (χ3n) is 3.50. The molecular weight excluding hydrogens is 244 g/mol. The number of allylic oxidation sites excluding steroid dienone is 1. The molecule has 0 fully saturated rings. The van der Waals surface area contributed by atoms with Crippen LogP contribution >= 0.6 is 0 Å². The molecule has 0 saturated heterocycles. The van der Waals surface area contributed by atoms with Crippen LogP contribution in [-0.4, -0.2) is 0 Å². The van der Waals surface area contributed by atoms with Gasteiger partial charge in [-0.05, 0) is 31.6 Å². The highest BCUT2D eigenvalue weighted by Gasteiger charge is 2.31. The van der Waals surface area contributed by atoms with E-state index in [2.05, 4.69) is 50.3 Å². The van der Waals surface area contributed by atoms with Gasteiger partial charge < -0.3 is 4.74 Å². The van der Waals surface area contributed by atoms with Crippen molar-refractivity contribution in [2.45, 2.75) is 13.8 Å². The molecule has 3 rings (SSSR count). The Kier molecular flexibility index (Phi) is 3.19. The minimum absolute atomic E-state index is 0.0823. The van der Waals surface area contributed by atoms with Crippen molar-refractivity contribution in [2.24, 2.45) is 5.41 Å². The van der Waals surface area contributed by atoms with Crippen LogP contribution in [0, 0.1) is 5.41 Å². The molecule has 0 aliphatic carbocycles. The van der Waals surface area contributed by atoms with Gasteiger partial charge in [0, 0.05) is 11.0 Å². The molecule has 0 aromatic heterocycles. The van der Waals surface area contributed by atoms with Crippen molar-refractivity contribution < 1.29 is 4.74 Å². The average molecular weight is 262 g/mol. The molecule has 100 valence electrons. The van der Waals surface area contributed by atoms with E-state index in [9.17, 15) is 0 Å². The molecule has 0 spiro atoms. The summed E-state index contributed by atoms with van der Waals surface area (Å²) in [5, 5.41) is 0. The standard InChI is InChI=1S/C19H18O/c1-19(2)14-17(16-11-7-4-8-12-16)20-18(19)13-15-9-5-3-6-10-15/h3-14H,1-2H3/b18-13+. The summed E-state index contributed by atoms with van der Waals surface area (Å²) >= 11 is 0. The first-order chi connectivity index (χ1) is 9.65. The predicted octanol–water partition coefficient (Wildman–Crippen LogP) is 5.13. The second-order valence-electron chi connectivity index (χ2n) is 5.62. The fraction of sp³-hybridized carbons (Fsp3) is 0.158. The van der Waals surface area contributed by atoms with E-state index in [4.69, 9.17) is 4.74 Å². The zero-order chi connectivity index (χ0) is 14.0. The number of hydrogen-bond donors (Lipinski definition) is 0. The van der Waals surface area contributed by atoms with E-state index in [1.807, 2.05) is 36.4 Å². The van der Waals surface area contributed by atoms with Gasteiger partial charge in [0.2, 0.25) is 0 Å². The molecule has 1 aliphatic rings. The number of rotatable bonds is 2. The van der Waals surface area contributed by atoms with Gasteiger partial charge in [-0.1, -0.05) is 60.7 Å². The number of benzene rings is 2. The van der Waals surface area contributed by atoms with Crippen LogP contribution in [0.4, 0.5) is 0 Å². The maximum Gasteiger partial charge on any atom is 0.131 e. The monoisotopic (exact) mass is 262 g/mol. The molecule has 0 radical (unpaired) electrons. The van der Waals surface area contributed by atoms with Crippen molar-refractivity contribution in [1.82, 2.24) is 0 Å². The van der Waals surface area contributed by atoms with Gasteiger partial charge in [-0.3, -0.25) is 0 Å². The minimum atomic E-state index is -0.0823. The van der Waals surface area contributed by atoms with Gasteiger partial charge in [-0.15, -0.1) is 0 Å². The third-order valence-corrected chi connectivity index (χ3v) is 3.50. The molecule has 0 N–H and O–H groups in total. The zero-order valence-electron chi connectivity index (χ0n) is 11.8. The molecule has 1 nitrogen and oxygen atoms in total. The van der Waals surface area contributed by atoms with Crippen molar-refractivity contribution in [2.75, 3.05) is 0 Å². The first-order valence-electron chi connectivity index (χ1n) is 6.88. The smallest absolute Gasteiger partial charge is 0.131 e. The molecule has 0 atom stereocenters. The number of hydrogen-bond acceptors (Lipinski definition) is 1. The number of ether oxygens (including phenoxy) is 1. The van der Waals surface area contributed by atoms with E-state index in [0.717, 1.165) is 17.1 Å². The van der Waals surface area contributed by atoms with Gasteiger partial charge >= 0.3 is 0 Å². The van der Waals surface area contributed by atoms with Gasteiger partial charge in [0.05, 0.1) is 0 Å². The van der Waals surface area contributed by atoms with Crippen LogP contribution in [0.5, 0.6) is 0 Å². The maximum atomic E-state index is 6.09. The van der Waals surface area contributed by atoms with Crippen molar-refractivity contribution in [3.63, 3.8) is 0 Å². The average Bonchev–Trinajstić information content (AvgIpc) is 2.76. The second kappa shape index (κ2) is 5.01. The highest BCUT2D eigenvalue weighted by Crippen LogP contribution is 2.42. The Bertz CT molecular complexity index is 649. The Balaban J connectivity index is 1.93. The first kappa shape index (κ1) is 12.7. The van der Waals surface area contributed by atoms with Gasteiger partial charge in [0.25, 0.3) is 0 Å². The lowest BCUT2D eigenvalue weighted by Gasteiger charge is -2.16. The second-order valence-corrected chi connectivity index (χ2v) is 5.62. The van der Waals surface area contributed by atoms with Crippen LogP contribution in [0.3, 0.4) is 0 Å². The van der Waals surface area contributed by atoms with E-state index in [0.29, 0.717) is 0 Å². The molecule has 0 amide bonds. The van der Waals surface area contributed by atoms with Gasteiger partial charge in [-0.25, -0.2) is 0 Å². The van der Waals surface area contributed by atoms with Gasteiger partial charge in [-0.2, -0.15) is 0 Å². The Hall–Kier alpha value is -2.28. The van der Waals surface area contributed by atoms with Crippen LogP contribution in [0.2, 0.25) is 0 Å². The zero-order valence-corrected chi connectivity index (χ0v) is 11.8. The van der Waals surface area contributed by atoms with Crippen molar-refractivity contribution in [1.29, 1.82) is 0 Å². The van der Waals surface area contributed by atoms with Crippen molar-refractivity contribution >= 4 is 11.8 Å². The Morgan fingerprint density at radius 2 is 1.45 bits per heavy atom.